The van der Waals surface area contributed by atoms with Gasteiger partial charge in [0, 0.05) is 0 Å². The summed E-state index contributed by atoms with van der Waals surface area (Å²) in [6.45, 7) is 0. The van der Waals surface area contributed by atoms with E-state index in [4.69, 9.17) is 0 Å². The second-order valence-corrected chi connectivity index (χ2v) is 4.27. The van der Waals surface area contributed by atoms with E-state index in [9.17, 15) is 23.1 Å². The van der Waals surface area contributed by atoms with Gasteiger partial charge in [-0.1, -0.05) is 30.3 Å². The van der Waals surface area contributed by atoms with Crippen LogP contribution in [0.2, 0.25) is 0 Å². The minimum Gasteiger partial charge on any atom is -0.507 e. The minimum atomic E-state index is -4.79. The lowest BCUT2D eigenvalue weighted by Crippen LogP contribution is -2.14. The molecule has 2 rings (SSSR count). The molecule has 6 heteroatoms. The van der Waals surface area contributed by atoms with Gasteiger partial charge in [0.1, 0.15) is 11.3 Å². The zero-order chi connectivity index (χ0) is 15.6. The Morgan fingerprint density at radius 3 is 2.24 bits per heavy atom. The zero-order valence-electron chi connectivity index (χ0n) is 10.9. The first-order valence-corrected chi connectivity index (χ1v) is 5.92. The molecular formula is C15H11F3O3. The molecule has 0 saturated heterocycles. The van der Waals surface area contributed by atoms with E-state index in [1.165, 1.54) is 0 Å². The Labute approximate surface area is 118 Å². The van der Waals surface area contributed by atoms with Crippen molar-refractivity contribution in [2.24, 2.45) is 0 Å². The molecule has 0 unspecified atom stereocenters. The van der Waals surface area contributed by atoms with Gasteiger partial charge < -0.3 is 9.84 Å². The van der Waals surface area contributed by atoms with E-state index in [1.807, 2.05) is 0 Å². The molecule has 0 fully saturated rings. The third-order valence-electron chi connectivity index (χ3n) is 2.92. The van der Waals surface area contributed by atoms with E-state index in [0.29, 0.717) is 5.56 Å². The van der Waals surface area contributed by atoms with E-state index in [0.717, 1.165) is 19.2 Å². The van der Waals surface area contributed by atoms with Crippen LogP contribution in [0.15, 0.2) is 42.5 Å². The summed E-state index contributed by atoms with van der Waals surface area (Å²) in [4.78, 5) is 11.5. The molecule has 110 valence electrons. The zero-order valence-corrected chi connectivity index (χ0v) is 10.9. The van der Waals surface area contributed by atoms with Crippen LogP contribution in [0.4, 0.5) is 13.2 Å². The van der Waals surface area contributed by atoms with Crippen molar-refractivity contribution in [2.45, 2.75) is 6.18 Å². The van der Waals surface area contributed by atoms with Crippen LogP contribution in [0.5, 0.6) is 5.75 Å². The van der Waals surface area contributed by atoms with Crippen molar-refractivity contribution in [3.63, 3.8) is 0 Å². The summed E-state index contributed by atoms with van der Waals surface area (Å²) in [7, 11) is 0.951. The summed E-state index contributed by atoms with van der Waals surface area (Å²) in [6, 6.07) is 10.2. The highest BCUT2D eigenvalue weighted by molar-refractivity contribution is 5.95. The summed E-state index contributed by atoms with van der Waals surface area (Å²) in [5.41, 5.74) is -1.46. The summed E-state index contributed by atoms with van der Waals surface area (Å²) < 4.78 is 43.6. The molecule has 0 spiro atoms. The predicted molar refractivity (Wildman–Crippen MR) is 69.9 cm³/mol. The lowest BCUT2D eigenvalue weighted by Gasteiger charge is -2.15. The molecule has 0 amide bonds. The van der Waals surface area contributed by atoms with Gasteiger partial charge >= 0.3 is 12.1 Å². The number of hydrogen-bond donors (Lipinski definition) is 1. The van der Waals surface area contributed by atoms with Crippen molar-refractivity contribution in [3.8, 4) is 16.9 Å². The molecule has 0 aliphatic rings. The highest BCUT2D eigenvalue weighted by Crippen LogP contribution is 2.39. The molecule has 21 heavy (non-hydrogen) atoms. The number of esters is 1. The molecule has 0 aliphatic carbocycles. The van der Waals surface area contributed by atoms with Crippen LogP contribution in [0.1, 0.15) is 15.9 Å². The smallest absolute Gasteiger partial charge is 0.417 e. The van der Waals surface area contributed by atoms with Crippen LogP contribution in [0, 0.1) is 0 Å². The standard InChI is InChI=1S/C15H11F3O3/c1-21-14(20)13-11(15(16,17)18)7-10(8-12(13)19)9-5-3-2-4-6-9/h2-8,19H,1H3. The number of benzene rings is 2. The van der Waals surface area contributed by atoms with E-state index in [-0.39, 0.29) is 5.56 Å². The van der Waals surface area contributed by atoms with E-state index in [2.05, 4.69) is 4.74 Å². The largest absolute Gasteiger partial charge is 0.507 e. The number of hydrogen-bond acceptors (Lipinski definition) is 3. The number of methoxy groups -OCH3 is 1. The molecule has 0 heterocycles. The molecular weight excluding hydrogens is 285 g/mol. The fraction of sp³-hybridized carbons (Fsp3) is 0.133. The van der Waals surface area contributed by atoms with Crippen molar-refractivity contribution in [3.05, 3.63) is 53.6 Å². The van der Waals surface area contributed by atoms with Crippen molar-refractivity contribution in [1.29, 1.82) is 0 Å². The fourth-order valence-electron chi connectivity index (χ4n) is 1.96. The average molecular weight is 296 g/mol. The van der Waals surface area contributed by atoms with Gasteiger partial charge in [-0.15, -0.1) is 0 Å². The third kappa shape index (κ3) is 2.99. The fourth-order valence-corrected chi connectivity index (χ4v) is 1.96. The summed E-state index contributed by atoms with van der Waals surface area (Å²) in [5, 5.41) is 9.80. The Morgan fingerprint density at radius 1 is 1.10 bits per heavy atom. The Bertz CT molecular complexity index is 664. The first-order chi connectivity index (χ1) is 9.84. The second-order valence-electron chi connectivity index (χ2n) is 4.27. The van der Waals surface area contributed by atoms with Gasteiger partial charge in [0.05, 0.1) is 12.7 Å². The Kier molecular flexibility index (Phi) is 3.88. The van der Waals surface area contributed by atoms with Crippen molar-refractivity contribution in [2.75, 3.05) is 7.11 Å². The quantitative estimate of drug-likeness (QED) is 0.856. The van der Waals surface area contributed by atoms with Gasteiger partial charge in [-0.05, 0) is 23.3 Å². The van der Waals surface area contributed by atoms with Gasteiger partial charge in [-0.3, -0.25) is 0 Å². The lowest BCUT2D eigenvalue weighted by atomic mass is 9.97. The first-order valence-electron chi connectivity index (χ1n) is 5.92. The van der Waals surface area contributed by atoms with Crippen LogP contribution in [-0.2, 0) is 10.9 Å². The number of phenols is 1. The molecule has 0 radical (unpaired) electrons. The molecule has 1 N–H and O–H groups in total. The summed E-state index contributed by atoms with van der Waals surface area (Å²) in [5.74, 6) is -2.00. The number of ether oxygens (including phenoxy) is 1. The number of carbonyl (C=O) groups is 1. The number of halogens is 3. The predicted octanol–water partition coefficient (Wildman–Crippen LogP) is 3.86. The van der Waals surface area contributed by atoms with E-state index < -0.39 is 29.0 Å². The Balaban J connectivity index is 2.69. The second kappa shape index (κ2) is 5.47. The highest BCUT2D eigenvalue weighted by atomic mass is 19.4. The molecule has 0 bridgehead atoms. The maximum Gasteiger partial charge on any atom is 0.417 e. The molecule has 0 saturated carbocycles. The molecule has 3 nitrogen and oxygen atoms in total. The number of carbonyl (C=O) groups excluding carboxylic acids is 1. The van der Waals surface area contributed by atoms with Crippen molar-refractivity contribution in [1.82, 2.24) is 0 Å². The lowest BCUT2D eigenvalue weighted by molar-refractivity contribution is -0.138. The van der Waals surface area contributed by atoms with Gasteiger partial charge in [0.2, 0.25) is 0 Å². The first kappa shape index (κ1) is 14.9. The molecule has 0 aliphatic heterocycles. The number of rotatable bonds is 2. The van der Waals surface area contributed by atoms with Gasteiger partial charge in [-0.2, -0.15) is 13.2 Å². The van der Waals surface area contributed by atoms with Gasteiger partial charge in [-0.25, -0.2) is 4.79 Å². The third-order valence-corrected chi connectivity index (χ3v) is 2.92. The maximum atomic E-state index is 13.1. The molecule has 2 aromatic rings. The monoisotopic (exact) mass is 296 g/mol. The van der Waals surface area contributed by atoms with E-state index >= 15 is 0 Å². The minimum absolute atomic E-state index is 0.160. The molecule has 0 aromatic heterocycles. The SMILES string of the molecule is COC(=O)c1c(O)cc(-c2ccccc2)cc1C(F)(F)F. The summed E-state index contributed by atoms with van der Waals surface area (Å²) >= 11 is 0. The number of phenolic OH excluding ortho intramolecular Hbond substituents is 1. The normalized spacial score (nSPS) is 11.2. The van der Waals surface area contributed by atoms with Gasteiger partial charge in [0.25, 0.3) is 0 Å². The number of aromatic hydroxyl groups is 1. The highest BCUT2D eigenvalue weighted by Gasteiger charge is 2.38. The van der Waals surface area contributed by atoms with Crippen LogP contribution in [-0.4, -0.2) is 18.2 Å². The maximum absolute atomic E-state index is 13.1. The average Bonchev–Trinajstić information content (AvgIpc) is 2.45. The topological polar surface area (TPSA) is 46.5 Å². The Morgan fingerprint density at radius 2 is 1.71 bits per heavy atom. The van der Waals surface area contributed by atoms with Crippen LogP contribution in [0.3, 0.4) is 0 Å². The number of alkyl halides is 3. The van der Waals surface area contributed by atoms with Crippen molar-refractivity contribution >= 4 is 5.97 Å². The van der Waals surface area contributed by atoms with Crippen LogP contribution in [0.25, 0.3) is 11.1 Å². The van der Waals surface area contributed by atoms with Crippen LogP contribution < -0.4 is 0 Å². The van der Waals surface area contributed by atoms with Crippen LogP contribution >= 0.6 is 0 Å². The van der Waals surface area contributed by atoms with Crippen molar-refractivity contribution < 1.29 is 27.8 Å². The van der Waals surface area contributed by atoms with E-state index in [1.54, 1.807) is 30.3 Å². The summed E-state index contributed by atoms with van der Waals surface area (Å²) in [6.07, 6.45) is -4.79. The Hall–Kier alpha value is -2.50. The van der Waals surface area contributed by atoms with Gasteiger partial charge in [0.15, 0.2) is 0 Å². The molecule has 0 atom stereocenters. The molecule has 2 aromatic carbocycles.